The highest BCUT2D eigenvalue weighted by Crippen LogP contribution is 2.43. The molecule has 17 heteroatoms. The molecule has 3 aromatic carbocycles. The highest BCUT2D eigenvalue weighted by Gasteiger charge is 2.53. The lowest BCUT2D eigenvalue weighted by Crippen LogP contribution is -2.63. The standard InChI is InChI=1S/C44H41NO16/c1-19-13-27-31(50)16-29(38(52)36(27)33(14-19)54-7)35-20(2)15-28-32(51)17-30(39(53)37(28)41(35)55-8)45-25-9-11-26(12-10-25)60-44-43(59-24(6)49)42(58-23(5)48)40(57-22(4)47)34(61-44)18-56-21(3)46/h9-17,34,40,42-45H,18H2,1-8H3/t34-,40-,42+,43+,44+/m1/s1. The maximum atomic E-state index is 14.2. The van der Waals surface area contributed by atoms with Crippen molar-refractivity contribution in [3.63, 3.8) is 0 Å². The second-order valence-corrected chi connectivity index (χ2v) is 14.3. The molecule has 0 bridgehead atoms. The molecule has 61 heavy (non-hydrogen) atoms. The van der Waals surface area contributed by atoms with Gasteiger partial charge in [0.1, 0.15) is 30.0 Å². The van der Waals surface area contributed by atoms with Gasteiger partial charge in [-0.25, -0.2) is 0 Å². The number of fused-ring (bicyclic) bond motifs is 2. The molecule has 0 unspecified atom stereocenters. The number of hydrogen-bond donors (Lipinski definition) is 1. The minimum absolute atomic E-state index is 0.0333. The number of esters is 4. The second kappa shape index (κ2) is 17.6. The van der Waals surface area contributed by atoms with Crippen LogP contribution in [0.5, 0.6) is 17.2 Å². The maximum Gasteiger partial charge on any atom is 0.303 e. The molecule has 318 valence electrons. The van der Waals surface area contributed by atoms with E-state index < -0.39 is 84.3 Å². The van der Waals surface area contributed by atoms with Crippen LogP contribution in [0.25, 0.3) is 5.57 Å². The Bertz CT molecular complexity index is 2450. The highest BCUT2D eigenvalue weighted by atomic mass is 16.7. The van der Waals surface area contributed by atoms with Gasteiger partial charge in [0, 0.05) is 61.7 Å². The topological polar surface area (TPSA) is 222 Å². The van der Waals surface area contributed by atoms with Gasteiger partial charge < -0.3 is 43.2 Å². The zero-order valence-corrected chi connectivity index (χ0v) is 34.3. The smallest absolute Gasteiger partial charge is 0.303 e. The Morgan fingerprint density at radius 1 is 0.672 bits per heavy atom. The summed E-state index contributed by atoms with van der Waals surface area (Å²) in [6, 6.07) is 10.6. The number of aryl methyl sites for hydroxylation is 2. The summed E-state index contributed by atoms with van der Waals surface area (Å²) < 4.78 is 44.7. The minimum Gasteiger partial charge on any atom is -0.496 e. The number of benzene rings is 3. The molecule has 3 aliphatic rings. The molecule has 1 saturated heterocycles. The first-order valence-electron chi connectivity index (χ1n) is 18.8. The summed E-state index contributed by atoms with van der Waals surface area (Å²) in [6.45, 7) is 7.40. The van der Waals surface area contributed by atoms with Crippen LogP contribution < -0.4 is 19.5 Å². The minimum atomic E-state index is -1.50. The van der Waals surface area contributed by atoms with Gasteiger partial charge in [-0.15, -0.1) is 0 Å². The molecule has 1 aliphatic heterocycles. The van der Waals surface area contributed by atoms with Crippen LogP contribution in [-0.4, -0.2) is 98.5 Å². The zero-order valence-electron chi connectivity index (χ0n) is 34.3. The Morgan fingerprint density at radius 3 is 1.89 bits per heavy atom. The van der Waals surface area contributed by atoms with Crippen LogP contribution >= 0.6 is 0 Å². The average molecular weight is 840 g/mol. The van der Waals surface area contributed by atoms with Gasteiger partial charge in [0.05, 0.1) is 31.0 Å². The molecule has 5 atom stereocenters. The Balaban J connectivity index is 1.28. The van der Waals surface area contributed by atoms with Crippen LogP contribution in [0.4, 0.5) is 5.69 Å². The number of allylic oxidation sites excluding steroid dienone is 4. The molecule has 0 aromatic heterocycles. The maximum absolute atomic E-state index is 14.2. The van der Waals surface area contributed by atoms with Crippen LogP contribution in [0.3, 0.4) is 0 Å². The normalized spacial score (nSPS) is 20.6. The van der Waals surface area contributed by atoms with Gasteiger partial charge >= 0.3 is 23.9 Å². The molecule has 3 aromatic rings. The summed E-state index contributed by atoms with van der Waals surface area (Å²) in [5.41, 5.74) is 1.60. The van der Waals surface area contributed by atoms with Crippen molar-refractivity contribution < 1.29 is 76.3 Å². The lowest BCUT2D eigenvalue weighted by molar-refractivity contribution is -0.288. The summed E-state index contributed by atoms with van der Waals surface area (Å²) in [4.78, 5) is 103. The van der Waals surface area contributed by atoms with Crippen LogP contribution in [0, 0.1) is 13.8 Å². The summed E-state index contributed by atoms with van der Waals surface area (Å²) in [5, 5.41) is 2.94. The summed E-state index contributed by atoms with van der Waals surface area (Å²) in [7, 11) is 2.68. The molecule has 1 heterocycles. The van der Waals surface area contributed by atoms with Crippen molar-refractivity contribution in [3.8, 4) is 17.2 Å². The third kappa shape index (κ3) is 8.91. The van der Waals surface area contributed by atoms with E-state index in [0.717, 1.165) is 39.3 Å². The molecule has 1 fully saturated rings. The average Bonchev–Trinajstić information content (AvgIpc) is 3.19. The third-order valence-electron chi connectivity index (χ3n) is 9.78. The molecule has 0 radical (unpaired) electrons. The number of hydrogen-bond acceptors (Lipinski definition) is 17. The van der Waals surface area contributed by atoms with Crippen molar-refractivity contribution in [1.82, 2.24) is 0 Å². The number of nitrogens with one attached hydrogen (secondary N) is 1. The summed E-state index contributed by atoms with van der Waals surface area (Å²) in [6.07, 6.45) is -4.73. The molecule has 0 spiro atoms. The van der Waals surface area contributed by atoms with Crippen molar-refractivity contribution in [2.75, 3.05) is 26.1 Å². The van der Waals surface area contributed by atoms with Gasteiger partial charge in [0.2, 0.25) is 18.2 Å². The first-order valence-corrected chi connectivity index (χ1v) is 18.8. The van der Waals surface area contributed by atoms with E-state index >= 15 is 0 Å². The van der Waals surface area contributed by atoms with E-state index in [9.17, 15) is 38.4 Å². The molecule has 6 rings (SSSR count). The van der Waals surface area contributed by atoms with E-state index in [1.165, 1.54) is 50.6 Å². The summed E-state index contributed by atoms with van der Waals surface area (Å²) >= 11 is 0. The van der Waals surface area contributed by atoms with E-state index in [4.69, 9.17) is 37.9 Å². The SMILES string of the molecule is COc1cc(C)cc2c1C(=O)C(c1c(C)cc3c(c1OC)C(=O)C(Nc1ccc(O[C@H]4O[C@H](COC(C)=O)[C@@H](OC(C)=O)[C@H](OC(C)=O)[C@@H]4OC(C)=O)cc1)=CC3=O)=CC2=O. The number of ketones is 4. The Morgan fingerprint density at radius 2 is 1.28 bits per heavy atom. The fraction of sp³-hybridized carbons (Fsp3) is 0.318. The van der Waals surface area contributed by atoms with E-state index in [0.29, 0.717) is 11.3 Å². The lowest BCUT2D eigenvalue weighted by atomic mass is 9.80. The first-order chi connectivity index (χ1) is 28.9. The monoisotopic (exact) mass is 839 g/mol. The number of Topliss-reactive ketones (excluding diaryl/α,β-unsaturated/α-hetero) is 2. The largest absolute Gasteiger partial charge is 0.496 e. The molecular formula is C44H41NO16. The van der Waals surface area contributed by atoms with Crippen molar-refractivity contribution in [2.24, 2.45) is 0 Å². The number of anilines is 1. The fourth-order valence-corrected chi connectivity index (χ4v) is 7.38. The highest BCUT2D eigenvalue weighted by molar-refractivity contribution is 6.40. The van der Waals surface area contributed by atoms with Gasteiger partial charge in [-0.2, -0.15) is 0 Å². The molecule has 0 saturated carbocycles. The van der Waals surface area contributed by atoms with Crippen molar-refractivity contribution >= 4 is 58.3 Å². The predicted molar refractivity (Wildman–Crippen MR) is 211 cm³/mol. The van der Waals surface area contributed by atoms with Gasteiger partial charge in [-0.1, -0.05) is 0 Å². The Kier molecular flexibility index (Phi) is 12.5. The van der Waals surface area contributed by atoms with E-state index in [1.807, 2.05) is 0 Å². The molecule has 17 nitrogen and oxygen atoms in total. The van der Waals surface area contributed by atoms with E-state index in [2.05, 4.69) is 5.32 Å². The van der Waals surface area contributed by atoms with Crippen LogP contribution in [0.2, 0.25) is 0 Å². The molecule has 1 N–H and O–H groups in total. The molecular weight excluding hydrogens is 798 g/mol. The second-order valence-electron chi connectivity index (χ2n) is 14.3. The van der Waals surface area contributed by atoms with Crippen molar-refractivity contribution in [1.29, 1.82) is 0 Å². The van der Waals surface area contributed by atoms with Crippen molar-refractivity contribution in [2.45, 2.75) is 72.2 Å². The number of rotatable bonds is 12. The Hall–Kier alpha value is -7.14. The number of carbonyl (C=O) groups excluding carboxylic acids is 8. The van der Waals surface area contributed by atoms with E-state index in [1.54, 1.807) is 26.0 Å². The predicted octanol–water partition coefficient (Wildman–Crippen LogP) is 4.62. The van der Waals surface area contributed by atoms with Gasteiger partial charge in [0.25, 0.3) is 0 Å². The third-order valence-corrected chi connectivity index (χ3v) is 9.78. The Labute approximate surface area is 348 Å². The van der Waals surface area contributed by atoms with Gasteiger partial charge in [-0.05, 0) is 73.5 Å². The van der Waals surface area contributed by atoms with Crippen LogP contribution in [0.1, 0.15) is 85.8 Å². The lowest BCUT2D eigenvalue weighted by Gasteiger charge is -2.43. The number of methoxy groups -OCH3 is 2. The first kappa shape index (κ1) is 43.4. The van der Waals surface area contributed by atoms with Crippen molar-refractivity contribution in [3.05, 3.63) is 99.3 Å². The quantitative estimate of drug-likeness (QED) is 0.194. The number of ether oxygens (including phenoxy) is 8. The summed E-state index contributed by atoms with van der Waals surface area (Å²) in [5.74, 6) is -4.98. The van der Waals surface area contributed by atoms with Gasteiger partial charge in [-0.3, -0.25) is 38.4 Å². The van der Waals surface area contributed by atoms with Gasteiger partial charge in [0.15, 0.2) is 29.6 Å². The fourth-order valence-electron chi connectivity index (χ4n) is 7.38. The van der Waals surface area contributed by atoms with Crippen LogP contribution in [0.15, 0.2) is 60.3 Å². The van der Waals surface area contributed by atoms with Crippen LogP contribution in [-0.2, 0) is 42.9 Å². The molecule has 0 amide bonds. The number of carbonyl (C=O) groups is 8. The molecule has 2 aliphatic carbocycles. The van der Waals surface area contributed by atoms with E-state index in [-0.39, 0.29) is 56.3 Å². The zero-order chi connectivity index (χ0) is 44.4.